The Morgan fingerprint density at radius 1 is 1.29 bits per heavy atom. The quantitative estimate of drug-likeness (QED) is 0.613. The fourth-order valence-corrected chi connectivity index (χ4v) is 2.90. The van der Waals surface area contributed by atoms with Crippen LogP contribution in [0.1, 0.15) is 36.7 Å². The molecule has 0 unspecified atom stereocenters. The maximum atomic E-state index is 11.3. The molecule has 1 aromatic heterocycles. The third-order valence-electron chi connectivity index (χ3n) is 4.33. The fourth-order valence-electron chi connectivity index (χ4n) is 1.94. The van der Waals surface area contributed by atoms with Crippen LogP contribution in [0, 0.1) is 0 Å². The summed E-state index contributed by atoms with van der Waals surface area (Å²) in [6.45, 7) is 11.7. The highest BCUT2D eigenvalue weighted by molar-refractivity contribution is 6.74. The molecule has 0 radical (unpaired) electrons. The molecule has 1 heterocycles. The van der Waals surface area contributed by atoms with Gasteiger partial charge in [0.1, 0.15) is 0 Å². The molecule has 112 valence electrons. The van der Waals surface area contributed by atoms with E-state index in [-0.39, 0.29) is 5.04 Å². The molecule has 0 N–H and O–H groups in total. The van der Waals surface area contributed by atoms with Crippen molar-refractivity contribution < 1.29 is 9.22 Å². The molecule has 4 heteroatoms. The number of carbonyl (C=O) groups is 1. The zero-order valence-corrected chi connectivity index (χ0v) is 14.4. The summed E-state index contributed by atoms with van der Waals surface area (Å²) < 4.78 is 6.23. The van der Waals surface area contributed by atoms with Gasteiger partial charge in [-0.2, -0.15) is 0 Å². The van der Waals surface area contributed by atoms with Crippen LogP contribution in [0.5, 0.6) is 0 Å². The monoisotopic (exact) mass is 301 g/mol. The number of carbonyl (C=O) groups excluding carboxylic acids is 1. The van der Waals surface area contributed by atoms with Crippen molar-refractivity contribution in [3.63, 3.8) is 0 Å². The Balaban J connectivity index is 2.30. The summed E-state index contributed by atoms with van der Waals surface area (Å²) in [4.78, 5) is 15.5. The molecular formula is C17H23NO2Si. The Bertz CT molecular complexity index is 659. The van der Waals surface area contributed by atoms with E-state index in [0.29, 0.717) is 12.2 Å². The summed E-state index contributed by atoms with van der Waals surface area (Å²) in [6.07, 6.45) is 2.58. The Kier molecular flexibility index (Phi) is 4.30. The van der Waals surface area contributed by atoms with Gasteiger partial charge in [-0.3, -0.25) is 9.78 Å². The smallest absolute Gasteiger partial charge is 0.192 e. The zero-order chi connectivity index (χ0) is 15.7. The minimum atomic E-state index is -1.79. The normalized spacial score (nSPS) is 12.6. The third kappa shape index (κ3) is 3.39. The van der Waals surface area contributed by atoms with Crippen LogP contribution in [0.4, 0.5) is 0 Å². The molecule has 1 aromatic carbocycles. The summed E-state index contributed by atoms with van der Waals surface area (Å²) in [5.41, 5.74) is 2.41. The summed E-state index contributed by atoms with van der Waals surface area (Å²) in [6, 6.07) is 7.80. The maximum Gasteiger partial charge on any atom is 0.192 e. The molecule has 0 aliphatic heterocycles. The van der Waals surface area contributed by atoms with Gasteiger partial charge in [-0.05, 0) is 41.9 Å². The van der Waals surface area contributed by atoms with Crippen LogP contribution >= 0.6 is 0 Å². The Morgan fingerprint density at radius 3 is 2.62 bits per heavy atom. The molecule has 0 spiro atoms. The van der Waals surface area contributed by atoms with Gasteiger partial charge in [0.15, 0.2) is 14.6 Å². The molecule has 0 saturated heterocycles. The van der Waals surface area contributed by atoms with E-state index < -0.39 is 8.32 Å². The van der Waals surface area contributed by atoms with E-state index in [1.54, 1.807) is 6.20 Å². The largest absolute Gasteiger partial charge is 0.413 e. The van der Waals surface area contributed by atoms with Crippen molar-refractivity contribution in [2.45, 2.75) is 45.5 Å². The lowest BCUT2D eigenvalue weighted by atomic mass is 10.1. The highest BCUT2D eigenvalue weighted by Crippen LogP contribution is 2.37. The molecule has 0 aliphatic carbocycles. The minimum absolute atomic E-state index is 0.179. The molecular weight excluding hydrogens is 278 g/mol. The van der Waals surface area contributed by atoms with Crippen molar-refractivity contribution in [2.75, 3.05) is 0 Å². The van der Waals surface area contributed by atoms with Gasteiger partial charge in [-0.15, -0.1) is 0 Å². The van der Waals surface area contributed by atoms with E-state index >= 15 is 0 Å². The lowest BCUT2D eigenvalue weighted by Gasteiger charge is -2.36. The Morgan fingerprint density at radius 2 is 2.00 bits per heavy atom. The van der Waals surface area contributed by atoms with E-state index in [9.17, 15) is 4.79 Å². The number of nitrogens with zero attached hydrogens (tertiary/aromatic N) is 1. The summed E-state index contributed by atoms with van der Waals surface area (Å²) >= 11 is 0. The lowest BCUT2D eigenvalue weighted by molar-refractivity contribution is 0.112. The molecule has 2 rings (SSSR count). The number of aromatic nitrogens is 1. The van der Waals surface area contributed by atoms with Gasteiger partial charge in [0.2, 0.25) is 0 Å². The first kappa shape index (κ1) is 15.9. The zero-order valence-electron chi connectivity index (χ0n) is 13.4. The molecule has 2 aromatic rings. The second-order valence-electron chi connectivity index (χ2n) is 6.93. The highest BCUT2D eigenvalue weighted by Gasteiger charge is 2.37. The predicted molar refractivity (Wildman–Crippen MR) is 89.1 cm³/mol. The summed E-state index contributed by atoms with van der Waals surface area (Å²) in [5.74, 6) is 0. The Hall–Kier alpha value is -1.52. The van der Waals surface area contributed by atoms with E-state index in [2.05, 4.69) is 44.9 Å². The number of benzene rings is 1. The molecule has 0 bridgehead atoms. The number of fused-ring (bicyclic) bond motifs is 1. The SMILES string of the molecule is CC(C)(C)[Si](C)(C)OCc1cc(C=O)c2ncccc2c1. The molecule has 3 nitrogen and oxygen atoms in total. The van der Waals surface area contributed by atoms with Gasteiger partial charge >= 0.3 is 0 Å². The number of hydrogen-bond acceptors (Lipinski definition) is 3. The predicted octanol–water partition coefficient (Wildman–Crippen LogP) is 4.57. The second kappa shape index (κ2) is 5.70. The molecule has 0 fully saturated rings. The fraction of sp³-hybridized carbons (Fsp3) is 0.412. The molecule has 0 atom stereocenters. The molecule has 0 saturated carbocycles. The molecule has 0 aliphatic rings. The topological polar surface area (TPSA) is 39.2 Å². The molecule has 21 heavy (non-hydrogen) atoms. The second-order valence-corrected chi connectivity index (χ2v) is 11.7. The van der Waals surface area contributed by atoms with Crippen LogP contribution in [0.3, 0.4) is 0 Å². The van der Waals surface area contributed by atoms with Crippen molar-refractivity contribution in [2.24, 2.45) is 0 Å². The van der Waals surface area contributed by atoms with Gasteiger partial charge in [0.25, 0.3) is 0 Å². The number of rotatable bonds is 4. The van der Waals surface area contributed by atoms with Crippen LogP contribution in [-0.4, -0.2) is 19.6 Å². The highest BCUT2D eigenvalue weighted by atomic mass is 28.4. The third-order valence-corrected chi connectivity index (χ3v) is 8.81. The van der Waals surface area contributed by atoms with E-state index in [0.717, 1.165) is 22.8 Å². The number of aldehydes is 1. The number of hydrogen-bond donors (Lipinski definition) is 0. The first-order valence-corrected chi connectivity index (χ1v) is 10.1. The standard InChI is InChI=1S/C17H23NO2Si/c1-17(2,3)21(4,5)20-12-13-9-14-7-6-8-18-16(14)15(10-13)11-19/h6-11H,12H2,1-5H3. The van der Waals surface area contributed by atoms with Crippen molar-refractivity contribution in [1.82, 2.24) is 4.98 Å². The summed E-state index contributed by atoms with van der Waals surface area (Å²) in [5, 5.41) is 1.16. The van der Waals surface area contributed by atoms with Gasteiger partial charge in [-0.25, -0.2) is 0 Å². The van der Waals surface area contributed by atoms with Crippen LogP contribution in [-0.2, 0) is 11.0 Å². The van der Waals surface area contributed by atoms with Crippen molar-refractivity contribution in [1.29, 1.82) is 0 Å². The van der Waals surface area contributed by atoms with Gasteiger partial charge in [0.05, 0.1) is 12.1 Å². The van der Waals surface area contributed by atoms with E-state index in [1.165, 1.54) is 0 Å². The average Bonchev–Trinajstić information content (AvgIpc) is 2.43. The number of pyridine rings is 1. The first-order chi connectivity index (χ1) is 9.74. The average molecular weight is 301 g/mol. The van der Waals surface area contributed by atoms with Crippen LogP contribution in [0.2, 0.25) is 18.1 Å². The van der Waals surface area contributed by atoms with E-state index in [4.69, 9.17) is 4.43 Å². The van der Waals surface area contributed by atoms with Crippen molar-refractivity contribution in [3.05, 3.63) is 41.6 Å². The van der Waals surface area contributed by atoms with Crippen LogP contribution in [0.15, 0.2) is 30.5 Å². The minimum Gasteiger partial charge on any atom is -0.413 e. The molecule has 0 amide bonds. The van der Waals surface area contributed by atoms with Crippen LogP contribution in [0.25, 0.3) is 10.9 Å². The maximum absolute atomic E-state index is 11.3. The van der Waals surface area contributed by atoms with Crippen LogP contribution < -0.4 is 0 Å². The summed E-state index contributed by atoms with van der Waals surface area (Å²) in [7, 11) is -1.79. The van der Waals surface area contributed by atoms with Gasteiger partial charge in [-0.1, -0.05) is 26.8 Å². The first-order valence-electron chi connectivity index (χ1n) is 7.21. The van der Waals surface area contributed by atoms with Crippen molar-refractivity contribution >= 4 is 25.5 Å². The van der Waals surface area contributed by atoms with E-state index in [1.807, 2.05) is 18.2 Å². The van der Waals surface area contributed by atoms with Gasteiger partial charge < -0.3 is 4.43 Å². The van der Waals surface area contributed by atoms with Crippen molar-refractivity contribution in [3.8, 4) is 0 Å². The lowest BCUT2D eigenvalue weighted by Crippen LogP contribution is -2.40. The van der Waals surface area contributed by atoms with Gasteiger partial charge in [0, 0.05) is 17.1 Å². The Labute approximate surface area is 127 Å².